The normalized spacial score (nSPS) is 15.3. The molecule has 100 valence electrons. The van der Waals surface area contributed by atoms with E-state index >= 15 is 0 Å². The number of rotatable bonds is 7. The first-order valence-electron chi connectivity index (χ1n) is 6.45. The predicted octanol–water partition coefficient (Wildman–Crippen LogP) is 0.816. The molecule has 0 unspecified atom stereocenters. The zero-order chi connectivity index (χ0) is 13.1. The van der Waals surface area contributed by atoms with Crippen molar-refractivity contribution in [3.05, 3.63) is 11.4 Å². The molecule has 1 aromatic heterocycles. The highest BCUT2D eigenvalue weighted by Crippen LogP contribution is 2.33. The number of thiocarbonyl (C=S) groups is 1. The summed E-state index contributed by atoms with van der Waals surface area (Å²) in [6, 6.07) is 0. The smallest absolute Gasteiger partial charge is 0.143 e. The Labute approximate surface area is 113 Å². The van der Waals surface area contributed by atoms with Gasteiger partial charge >= 0.3 is 0 Å². The molecule has 0 aliphatic heterocycles. The fourth-order valence-corrected chi connectivity index (χ4v) is 2.20. The summed E-state index contributed by atoms with van der Waals surface area (Å²) < 4.78 is 1.98. The third kappa shape index (κ3) is 3.49. The highest BCUT2D eigenvalue weighted by atomic mass is 32.1. The SMILES string of the molecule is CN(C)CCCn1nnc(C(N)=S)c1CC1CC1. The molecule has 0 aromatic carbocycles. The van der Waals surface area contributed by atoms with Crippen LogP contribution < -0.4 is 5.73 Å². The molecule has 1 heterocycles. The summed E-state index contributed by atoms with van der Waals surface area (Å²) >= 11 is 5.04. The zero-order valence-corrected chi connectivity index (χ0v) is 11.9. The highest BCUT2D eigenvalue weighted by molar-refractivity contribution is 7.80. The Morgan fingerprint density at radius 2 is 2.22 bits per heavy atom. The Hall–Kier alpha value is -1.01. The van der Waals surface area contributed by atoms with Gasteiger partial charge in [-0.15, -0.1) is 5.10 Å². The van der Waals surface area contributed by atoms with Crippen molar-refractivity contribution in [2.24, 2.45) is 11.7 Å². The van der Waals surface area contributed by atoms with Crippen LogP contribution in [-0.4, -0.2) is 45.5 Å². The molecule has 0 radical (unpaired) electrons. The van der Waals surface area contributed by atoms with E-state index in [-0.39, 0.29) is 0 Å². The number of aryl methyl sites for hydroxylation is 1. The zero-order valence-electron chi connectivity index (χ0n) is 11.1. The van der Waals surface area contributed by atoms with Crippen LogP contribution in [0.15, 0.2) is 0 Å². The van der Waals surface area contributed by atoms with Gasteiger partial charge in [-0.3, -0.25) is 0 Å². The summed E-state index contributed by atoms with van der Waals surface area (Å²) in [6.07, 6.45) is 4.69. The molecule has 0 atom stereocenters. The van der Waals surface area contributed by atoms with Crippen LogP contribution in [0.2, 0.25) is 0 Å². The average Bonchev–Trinajstić information content (AvgIpc) is 3.00. The number of hydrogen-bond donors (Lipinski definition) is 1. The van der Waals surface area contributed by atoms with Crippen molar-refractivity contribution >= 4 is 17.2 Å². The van der Waals surface area contributed by atoms with E-state index in [4.69, 9.17) is 18.0 Å². The van der Waals surface area contributed by atoms with Gasteiger partial charge in [0, 0.05) is 6.54 Å². The quantitative estimate of drug-likeness (QED) is 0.741. The van der Waals surface area contributed by atoms with E-state index in [1.165, 1.54) is 12.8 Å². The number of aromatic nitrogens is 3. The molecule has 0 bridgehead atoms. The summed E-state index contributed by atoms with van der Waals surface area (Å²) in [7, 11) is 4.15. The van der Waals surface area contributed by atoms with Crippen LogP contribution in [0.1, 0.15) is 30.7 Å². The minimum atomic E-state index is 0.365. The van der Waals surface area contributed by atoms with Crippen molar-refractivity contribution in [2.45, 2.75) is 32.2 Å². The molecule has 1 aromatic rings. The molecule has 2 rings (SSSR count). The van der Waals surface area contributed by atoms with Gasteiger partial charge in [0.15, 0.2) is 0 Å². The molecule has 1 saturated carbocycles. The minimum absolute atomic E-state index is 0.365. The maximum absolute atomic E-state index is 5.71. The van der Waals surface area contributed by atoms with Gasteiger partial charge in [-0.2, -0.15) is 0 Å². The number of hydrogen-bond acceptors (Lipinski definition) is 4. The van der Waals surface area contributed by atoms with E-state index in [0.29, 0.717) is 4.99 Å². The fraction of sp³-hybridized carbons (Fsp3) is 0.750. The topological polar surface area (TPSA) is 60.0 Å². The van der Waals surface area contributed by atoms with E-state index in [1.54, 1.807) is 0 Å². The number of nitrogens with zero attached hydrogens (tertiary/aromatic N) is 4. The second-order valence-corrected chi connectivity index (χ2v) is 5.72. The van der Waals surface area contributed by atoms with Crippen molar-refractivity contribution in [1.29, 1.82) is 0 Å². The summed E-state index contributed by atoms with van der Waals surface area (Å²) in [6.45, 7) is 1.93. The first kappa shape index (κ1) is 13.4. The first-order valence-corrected chi connectivity index (χ1v) is 6.85. The van der Waals surface area contributed by atoms with Gasteiger partial charge in [0.05, 0.1) is 5.69 Å². The van der Waals surface area contributed by atoms with Crippen LogP contribution in [0.4, 0.5) is 0 Å². The summed E-state index contributed by atoms with van der Waals surface area (Å²) in [5.74, 6) is 0.782. The van der Waals surface area contributed by atoms with Crippen LogP contribution in [0.3, 0.4) is 0 Å². The average molecular weight is 267 g/mol. The molecule has 1 aliphatic rings. The van der Waals surface area contributed by atoms with E-state index in [9.17, 15) is 0 Å². The van der Waals surface area contributed by atoms with Crippen LogP contribution in [-0.2, 0) is 13.0 Å². The Balaban J connectivity index is 2.05. The van der Waals surface area contributed by atoms with Crippen molar-refractivity contribution in [2.75, 3.05) is 20.6 Å². The lowest BCUT2D eigenvalue weighted by Crippen LogP contribution is -2.18. The number of nitrogens with two attached hydrogens (primary N) is 1. The van der Waals surface area contributed by atoms with Crippen molar-refractivity contribution in [3.8, 4) is 0 Å². The lowest BCUT2D eigenvalue weighted by atomic mass is 10.1. The van der Waals surface area contributed by atoms with E-state index in [0.717, 1.165) is 43.2 Å². The van der Waals surface area contributed by atoms with Gasteiger partial charge in [0.1, 0.15) is 10.7 Å². The lowest BCUT2D eigenvalue weighted by Gasteiger charge is -2.10. The van der Waals surface area contributed by atoms with Crippen LogP contribution >= 0.6 is 12.2 Å². The molecule has 6 heteroatoms. The van der Waals surface area contributed by atoms with E-state index < -0.39 is 0 Å². The second-order valence-electron chi connectivity index (χ2n) is 5.28. The molecular formula is C12H21N5S. The minimum Gasteiger partial charge on any atom is -0.388 e. The van der Waals surface area contributed by atoms with Gasteiger partial charge in [-0.1, -0.05) is 17.4 Å². The summed E-state index contributed by atoms with van der Waals surface area (Å²) in [5, 5.41) is 8.32. The Bertz CT molecular complexity index is 422. The third-order valence-electron chi connectivity index (χ3n) is 3.23. The molecule has 2 N–H and O–H groups in total. The van der Waals surface area contributed by atoms with Crippen molar-refractivity contribution < 1.29 is 0 Å². The van der Waals surface area contributed by atoms with Crippen LogP contribution in [0.5, 0.6) is 0 Å². The van der Waals surface area contributed by atoms with Gasteiger partial charge < -0.3 is 10.6 Å². The molecule has 1 fully saturated rings. The Morgan fingerprint density at radius 3 is 2.78 bits per heavy atom. The van der Waals surface area contributed by atoms with Gasteiger partial charge in [0.25, 0.3) is 0 Å². The molecule has 18 heavy (non-hydrogen) atoms. The largest absolute Gasteiger partial charge is 0.388 e. The Morgan fingerprint density at radius 1 is 1.50 bits per heavy atom. The lowest BCUT2D eigenvalue weighted by molar-refractivity contribution is 0.376. The van der Waals surface area contributed by atoms with E-state index in [2.05, 4.69) is 29.3 Å². The van der Waals surface area contributed by atoms with Crippen LogP contribution in [0.25, 0.3) is 0 Å². The summed E-state index contributed by atoms with van der Waals surface area (Å²) in [5.41, 5.74) is 7.56. The van der Waals surface area contributed by atoms with Gasteiger partial charge in [-0.05, 0) is 52.2 Å². The third-order valence-corrected chi connectivity index (χ3v) is 3.42. The monoisotopic (exact) mass is 267 g/mol. The van der Waals surface area contributed by atoms with Crippen molar-refractivity contribution in [3.63, 3.8) is 0 Å². The first-order chi connectivity index (χ1) is 8.58. The second kappa shape index (κ2) is 5.75. The molecule has 5 nitrogen and oxygen atoms in total. The Kier molecular flexibility index (Phi) is 4.29. The molecule has 0 amide bonds. The van der Waals surface area contributed by atoms with Crippen molar-refractivity contribution in [1.82, 2.24) is 19.9 Å². The highest BCUT2D eigenvalue weighted by Gasteiger charge is 2.26. The van der Waals surface area contributed by atoms with Gasteiger partial charge in [0.2, 0.25) is 0 Å². The maximum Gasteiger partial charge on any atom is 0.143 e. The fourth-order valence-electron chi connectivity index (χ4n) is 2.04. The molecule has 1 aliphatic carbocycles. The van der Waals surface area contributed by atoms with E-state index in [1.807, 2.05) is 4.68 Å². The maximum atomic E-state index is 5.71. The summed E-state index contributed by atoms with van der Waals surface area (Å²) in [4.78, 5) is 2.54. The molecule has 0 saturated heterocycles. The predicted molar refractivity (Wildman–Crippen MR) is 75.5 cm³/mol. The standard InChI is InChI=1S/C12H21N5S/c1-16(2)6-3-7-17-10(8-9-4-5-9)11(12(13)18)14-15-17/h9H,3-8H2,1-2H3,(H2,13,18). The molecular weight excluding hydrogens is 246 g/mol. The van der Waals surface area contributed by atoms with Gasteiger partial charge in [-0.25, -0.2) is 4.68 Å². The van der Waals surface area contributed by atoms with Crippen LogP contribution in [0, 0.1) is 5.92 Å². The molecule has 0 spiro atoms.